The summed E-state index contributed by atoms with van der Waals surface area (Å²) in [5.74, 6) is 1.90. The second-order valence-electron chi connectivity index (χ2n) is 8.47. The van der Waals surface area contributed by atoms with Crippen LogP contribution in [-0.2, 0) is 11.2 Å². The van der Waals surface area contributed by atoms with Gasteiger partial charge in [-0.05, 0) is 25.1 Å². The smallest absolute Gasteiger partial charge is 0.253 e. The molecule has 1 unspecified atom stereocenters. The molecule has 2 aromatic heterocycles. The molecule has 1 aliphatic carbocycles. The van der Waals surface area contributed by atoms with Gasteiger partial charge in [0.2, 0.25) is 0 Å². The molecule has 0 saturated carbocycles. The van der Waals surface area contributed by atoms with E-state index in [4.69, 9.17) is 19.8 Å². The Labute approximate surface area is 186 Å². The predicted molar refractivity (Wildman–Crippen MR) is 124 cm³/mol. The van der Waals surface area contributed by atoms with Crippen LogP contribution >= 0.6 is 0 Å². The van der Waals surface area contributed by atoms with Crippen LogP contribution in [0.4, 0.5) is 5.82 Å². The number of nitrogens with zero attached hydrogens (tertiary/aromatic N) is 6. The van der Waals surface area contributed by atoms with Gasteiger partial charge in [-0.15, -0.1) is 0 Å². The van der Waals surface area contributed by atoms with Gasteiger partial charge in [0.15, 0.2) is 0 Å². The molecule has 3 aromatic rings. The Morgan fingerprint density at radius 2 is 2.03 bits per heavy atom. The first-order valence-electron chi connectivity index (χ1n) is 11.1. The summed E-state index contributed by atoms with van der Waals surface area (Å²) in [5, 5.41) is 8.99. The fourth-order valence-corrected chi connectivity index (χ4v) is 4.54. The molecule has 4 heterocycles. The number of hydrogen-bond donors (Lipinski definition) is 1. The average Bonchev–Trinajstić information content (AvgIpc) is 3.59. The Kier molecular flexibility index (Phi) is 4.72. The van der Waals surface area contributed by atoms with Crippen molar-refractivity contribution in [2.24, 2.45) is 11.0 Å². The van der Waals surface area contributed by atoms with Crippen molar-refractivity contribution < 1.29 is 4.74 Å². The van der Waals surface area contributed by atoms with Crippen molar-refractivity contribution in [3.05, 3.63) is 58.9 Å². The molecule has 1 N–H and O–H groups in total. The van der Waals surface area contributed by atoms with Crippen molar-refractivity contribution in [2.45, 2.75) is 13.3 Å². The number of aromatic nitrogens is 4. The average molecular weight is 428 g/mol. The van der Waals surface area contributed by atoms with E-state index in [1.54, 1.807) is 4.68 Å². The molecule has 0 bridgehead atoms. The molecule has 1 fully saturated rings. The minimum absolute atomic E-state index is 0.308. The number of hydrazone groups is 1. The minimum Gasteiger partial charge on any atom is -0.378 e. The van der Waals surface area contributed by atoms with Crippen LogP contribution in [0.1, 0.15) is 16.8 Å². The second-order valence-corrected chi connectivity index (χ2v) is 8.47. The normalized spacial score (nSPS) is 19.7. The molecule has 32 heavy (non-hydrogen) atoms. The monoisotopic (exact) mass is 427 g/mol. The van der Waals surface area contributed by atoms with Crippen molar-refractivity contribution in [1.29, 1.82) is 0 Å². The third-order valence-corrected chi connectivity index (χ3v) is 6.26. The molecule has 1 saturated heterocycles. The first-order chi connectivity index (χ1) is 15.7. The molecule has 3 aliphatic rings. The van der Waals surface area contributed by atoms with Gasteiger partial charge < -0.3 is 15.1 Å². The summed E-state index contributed by atoms with van der Waals surface area (Å²) in [7, 11) is 0. The number of nitrogens with one attached hydrogen (secondary N) is 1. The van der Waals surface area contributed by atoms with E-state index in [9.17, 15) is 0 Å². The van der Waals surface area contributed by atoms with E-state index in [0.717, 1.165) is 48.8 Å². The van der Waals surface area contributed by atoms with Crippen molar-refractivity contribution in [3.8, 4) is 17.2 Å². The maximum Gasteiger partial charge on any atom is 0.253 e. The summed E-state index contributed by atoms with van der Waals surface area (Å²) in [6.07, 6.45) is 6.99. The van der Waals surface area contributed by atoms with E-state index >= 15 is 0 Å². The van der Waals surface area contributed by atoms with E-state index < -0.39 is 0 Å². The molecule has 0 radical (unpaired) electrons. The highest BCUT2D eigenvalue weighted by Gasteiger charge is 2.29. The van der Waals surface area contributed by atoms with Gasteiger partial charge in [-0.25, -0.2) is 9.67 Å². The highest BCUT2D eigenvalue weighted by molar-refractivity contribution is 5.76. The first-order valence-corrected chi connectivity index (χ1v) is 11.1. The van der Waals surface area contributed by atoms with Crippen LogP contribution in [0.2, 0.25) is 0 Å². The Balaban J connectivity index is 1.40. The fourth-order valence-electron chi connectivity index (χ4n) is 4.54. The van der Waals surface area contributed by atoms with Gasteiger partial charge in [-0.3, -0.25) is 0 Å². The lowest BCUT2D eigenvalue weighted by Crippen LogP contribution is -2.37. The van der Waals surface area contributed by atoms with Crippen molar-refractivity contribution >= 4 is 18.1 Å². The van der Waals surface area contributed by atoms with Gasteiger partial charge in [0.25, 0.3) is 5.95 Å². The summed E-state index contributed by atoms with van der Waals surface area (Å²) in [6.45, 7) is 6.02. The maximum atomic E-state index is 5.58. The zero-order valence-corrected chi connectivity index (χ0v) is 18.0. The quantitative estimate of drug-likeness (QED) is 0.690. The minimum atomic E-state index is 0.308. The molecule has 1 atom stereocenters. The van der Waals surface area contributed by atoms with Crippen LogP contribution in [0, 0.1) is 12.8 Å². The summed E-state index contributed by atoms with van der Waals surface area (Å²) < 4.78 is 7.36. The molecule has 8 heteroatoms. The van der Waals surface area contributed by atoms with Crippen molar-refractivity contribution in [1.82, 2.24) is 25.2 Å². The molecule has 162 valence electrons. The van der Waals surface area contributed by atoms with Crippen LogP contribution in [0.15, 0.2) is 47.2 Å². The van der Waals surface area contributed by atoms with Gasteiger partial charge in [0.05, 0.1) is 24.6 Å². The lowest BCUT2D eigenvalue weighted by atomic mass is 9.99. The molecule has 0 spiro atoms. The molecule has 6 rings (SSSR count). The van der Waals surface area contributed by atoms with Crippen molar-refractivity contribution in [3.63, 3.8) is 0 Å². The highest BCUT2D eigenvalue weighted by atomic mass is 16.5. The molecular formula is C24H25N7O. The maximum absolute atomic E-state index is 5.58. The predicted octanol–water partition coefficient (Wildman–Crippen LogP) is 2.62. The van der Waals surface area contributed by atoms with E-state index in [2.05, 4.69) is 52.7 Å². The number of ether oxygens (including phenoxy) is 1. The van der Waals surface area contributed by atoms with E-state index in [1.807, 2.05) is 18.5 Å². The zero-order chi connectivity index (χ0) is 21.5. The van der Waals surface area contributed by atoms with Gasteiger partial charge in [0.1, 0.15) is 5.82 Å². The number of aryl methyl sites for hydroxylation is 1. The summed E-state index contributed by atoms with van der Waals surface area (Å²) in [5.41, 5.74) is 9.79. The zero-order valence-electron chi connectivity index (χ0n) is 18.0. The topological polar surface area (TPSA) is 80.5 Å². The number of benzene rings is 1. The van der Waals surface area contributed by atoms with Gasteiger partial charge >= 0.3 is 0 Å². The largest absolute Gasteiger partial charge is 0.378 e. The fraction of sp³-hybridized carbons (Fsp3) is 0.333. The van der Waals surface area contributed by atoms with Gasteiger partial charge in [-0.1, -0.05) is 29.3 Å². The van der Waals surface area contributed by atoms with E-state index in [-0.39, 0.29) is 0 Å². The van der Waals surface area contributed by atoms with Crippen LogP contribution in [0.3, 0.4) is 0 Å². The summed E-state index contributed by atoms with van der Waals surface area (Å²) >= 11 is 0. The SMILES string of the molecule is Cc1cccc(-c2ccn(-c3nc4c(c(N5CCOCC5)n3)CC(C3C=NNC3)=C4)n2)c1. The Morgan fingerprint density at radius 1 is 1.12 bits per heavy atom. The van der Waals surface area contributed by atoms with E-state index in [1.165, 1.54) is 16.7 Å². The number of rotatable bonds is 4. The van der Waals surface area contributed by atoms with Crippen molar-refractivity contribution in [2.75, 3.05) is 37.7 Å². The van der Waals surface area contributed by atoms with Gasteiger partial charge in [-0.2, -0.15) is 15.2 Å². The third kappa shape index (κ3) is 3.46. The lowest BCUT2D eigenvalue weighted by Gasteiger charge is -2.29. The molecular weight excluding hydrogens is 402 g/mol. The summed E-state index contributed by atoms with van der Waals surface area (Å²) in [6, 6.07) is 10.4. The Hall–Kier alpha value is -3.52. The molecule has 8 nitrogen and oxygen atoms in total. The highest BCUT2D eigenvalue weighted by Crippen LogP contribution is 2.35. The number of morpholine rings is 1. The Morgan fingerprint density at radius 3 is 2.84 bits per heavy atom. The molecule has 1 aromatic carbocycles. The van der Waals surface area contributed by atoms with Crippen LogP contribution < -0.4 is 10.3 Å². The van der Waals surface area contributed by atoms with Crippen LogP contribution in [0.5, 0.6) is 0 Å². The number of hydrogen-bond acceptors (Lipinski definition) is 7. The number of anilines is 1. The van der Waals surface area contributed by atoms with Gasteiger partial charge in [0, 0.05) is 55.5 Å². The Bertz CT molecular complexity index is 1220. The molecule has 0 amide bonds. The van der Waals surface area contributed by atoms with Crippen LogP contribution in [-0.4, -0.2) is 58.8 Å². The number of fused-ring (bicyclic) bond motifs is 1. The summed E-state index contributed by atoms with van der Waals surface area (Å²) in [4.78, 5) is 12.2. The van der Waals surface area contributed by atoms with Crippen LogP contribution in [0.25, 0.3) is 23.3 Å². The van der Waals surface area contributed by atoms with E-state index in [0.29, 0.717) is 25.1 Å². The lowest BCUT2D eigenvalue weighted by molar-refractivity contribution is 0.122. The first kappa shape index (κ1) is 19.2. The molecule has 2 aliphatic heterocycles. The third-order valence-electron chi connectivity index (χ3n) is 6.26. The standard InChI is InChI=1S/C24H25N7O/c1-16-3-2-4-17(11-16)21-5-6-31(29-21)24-27-22-13-18(19-14-25-26-15-19)12-20(22)23(28-24)30-7-9-32-10-8-30/h2-6,11,13-14,19,26H,7-10,12,15H2,1H3. The second kappa shape index (κ2) is 7.87.